The molecule has 0 aliphatic heterocycles. The fraction of sp³-hybridized carbons (Fsp3) is 0.231. The summed E-state index contributed by atoms with van der Waals surface area (Å²) < 4.78 is 38.5. The van der Waals surface area contributed by atoms with Crippen molar-refractivity contribution in [2.24, 2.45) is 5.10 Å². The lowest BCUT2D eigenvalue weighted by atomic mass is 10.0. The van der Waals surface area contributed by atoms with Crippen LogP contribution in [0.4, 0.5) is 5.69 Å². The standard InChI is InChI=1S/C26H29N3O5S/c1-19(2)20-13-15-22(16-14-20)29(35(31,32)23-10-6-5-7-11-23)18-25(30)28-27-17-21-9-8-12-24(33-3)26(21)34-4/h5-17,19H,18H2,1-4H3,(H,28,30)/b27-17-. The number of sulfonamides is 1. The molecule has 3 aromatic rings. The molecule has 1 N–H and O–H groups in total. The average Bonchev–Trinajstić information content (AvgIpc) is 2.87. The van der Waals surface area contributed by atoms with Crippen molar-refractivity contribution in [3.8, 4) is 11.5 Å². The van der Waals surface area contributed by atoms with E-state index in [0.717, 1.165) is 9.87 Å². The summed E-state index contributed by atoms with van der Waals surface area (Å²) in [6.45, 7) is 3.65. The molecule has 8 nitrogen and oxygen atoms in total. The molecule has 0 atom stereocenters. The Labute approximate surface area is 206 Å². The van der Waals surface area contributed by atoms with Crippen LogP contribution in [-0.4, -0.2) is 41.3 Å². The first-order chi connectivity index (χ1) is 16.8. The summed E-state index contributed by atoms with van der Waals surface area (Å²) >= 11 is 0. The summed E-state index contributed by atoms with van der Waals surface area (Å²) in [4.78, 5) is 12.8. The topological polar surface area (TPSA) is 97.3 Å². The van der Waals surface area contributed by atoms with Gasteiger partial charge >= 0.3 is 0 Å². The molecule has 35 heavy (non-hydrogen) atoms. The van der Waals surface area contributed by atoms with Gasteiger partial charge < -0.3 is 9.47 Å². The predicted molar refractivity (Wildman–Crippen MR) is 137 cm³/mol. The first-order valence-corrected chi connectivity index (χ1v) is 12.4. The van der Waals surface area contributed by atoms with Crippen LogP contribution in [0.15, 0.2) is 82.8 Å². The molecule has 0 fully saturated rings. The highest BCUT2D eigenvalue weighted by Gasteiger charge is 2.27. The zero-order valence-corrected chi connectivity index (χ0v) is 21.0. The van der Waals surface area contributed by atoms with E-state index < -0.39 is 22.5 Å². The number of nitrogens with one attached hydrogen (secondary N) is 1. The van der Waals surface area contributed by atoms with Crippen LogP contribution in [0.5, 0.6) is 11.5 Å². The fourth-order valence-electron chi connectivity index (χ4n) is 3.41. The number of anilines is 1. The van der Waals surface area contributed by atoms with Gasteiger partial charge in [0.05, 0.1) is 31.0 Å². The number of methoxy groups -OCH3 is 2. The maximum absolute atomic E-state index is 13.4. The zero-order valence-electron chi connectivity index (χ0n) is 20.1. The molecule has 9 heteroatoms. The van der Waals surface area contributed by atoms with Crippen molar-refractivity contribution in [2.45, 2.75) is 24.7 Å². The van der Waals surface area contributed by atoms with Crippen LogP contribution in [-0.2, 0) is 14.8 Å². The van der Waals surface area contributed by atoms with E-state index in [1.165, 1.54) is 32.6 Å². The van der Waals surface area contributed by atoms with Crippen LogP contribution >= 0.6 is 0 Å². The third kappa shape index (κ3) is 6.19. The zero-order chi connectivity index (χ0) is 25.4. The fourth-order valence-corrected chi connectivity index (χ4v) is 4.86. The van der Waals surface area contributed by atoms with E-state index in [1.807, 2.05) is 12.1 Å². The van der Waals surface area contributed by atoms with Crippen LogP contribution in [0.2, 0.25) is 0 Å². The minimum Gasteiger partial charge on any atom is -0.493 e. The number of hydrogen-bond donors (Lipinski definition) is 1. The Hall–Kier alpha value is -3.85. The quantitative estimate of drug-likeness (QED) is 0.336. The second kappa shape index (κ2) is 11.5. The number of benzene rings is 3. The van der Waals surface area contributed by atoms with Crippen molar-refractivity contribution in [1.29, 1.82) is 0 Å². The Kier molecular flexibility index (Phi) is 8.48. The predicted octanol–water partition coefficient (Wildman–Crippen LogP) is 4.17. The van der Waals surface area contributed by atoms with Crippen molar-refractivity contribution in [1.82, 2.24) is 5.43 Å². The summed E-state index contributed by atoms with van der Waals surface area (Å²) in [7, 11) is -0.967. The number of hydrogen-bond acceptors (Lipinski definition) is 6. The highest BCUT2D eigenvalue weighted by molar-refractivity contribution is 7.92. The second-order valence-electron chi connectivity index (χ2n) is 7.95. The number of amides is 1. The smallest absolute Gasteiger partial charge is 0.264 e. The first kappa shape index (κ1) is 25.8. The summed E-state index contributed by atoms with van der Waals surface area (Å²) in [5.41, 5.74) is 4.43. The lowest BCUT2D eigenvalue weighted by Crippen LogP contribution is -2.39. The molecular weight excluding hydrogens is 466 g/mol. The van der Waals surface area contributed by atoms with E-state index in [2.05, 4.69) is 24.4 Å². The molecule has 3 rings (SSSR count). The lowest BCUT2D eigenvalue weighted by molar-refractivity contribution is -0.119. The lowest BCUT2D eigenvalue weighted by Gasteiger charge is -2.24. The normalized spacial score (nSPS) is 11.5. The summed E-state index contributed by atoms with van der Waals surface area (Å²) in [6, 6.07) is 20.4. The highest BCUT2D eigenvalue weighted by Crippen LogP contribution is 2.29. The Balaban J connectivity index is 1.85. The number of carbonyl (C=O) groups excluding carboxylic acids is 1. The molecule has 0 saturated heterocycles. The molecule has 0 spiro atoms. The Bertz CT molecular complexity index is 1270. The molecule has 0 unspecified atom stereocenters. The molecule has 0 radical (unpaired) electrons. The van der Waals surface area contributed by atoms with E-state index in [9.17, 15) is 13.2 Å². The van der Waals surface area contributed by atoms with Gasteiger partial charge in [0.2, 0.25) is 0 Å². The van der Waals surface area contributed by atoms with E-state index in [1.54, 1.807) is 48.5 Å². The van der Waals surface area contributed by atoms with E-state index in [4.69, 9.17) is 9.47 Å². The number of hydrazone groups is 1. The Morgan fingerprint density at radius 1 is 0.971 bits per heavy atom. The first-order valence-electron chi connectivity index (χ1n) is 11.0. The van der Waals surface area contributed by atoms with Crippen molar-refractivity contribution < 1.29 is 22.7 Å². The van der Waals surface area contributed by atoms with Crippen molar-refractivity contribution in [3.63, 3.8) is 0 Å². The van der Waals surface area contributed by atoms with Crippen molar-refractivity contribution in [2.75, 3.05) is 25.1 Å². The molecule has 0 bridgehead atoms. The minimum atomic E-state index is -4.00. The molecule has 0 heterocycles. The van der Waals surface area contributed by atoms with Gasteiger partial charge in [-0.05, 0) is 47.9 Å². The average molecular weight is 496 g/mol. The third-order valence-corrected chi connectivity index (χ3v) is 7.08. The van der Waals surface area contributed by atoms with Crippen LogP contribution in [0.25, 0.3) is 0 Å². The van der Waals surface area contributed by atoms with Crippen LogP contribution in [0.1, 0.15) is 30.9 Å². The number of nitrogens with zero attached hydrogens (tertiary/aromatic N) is 2. The number of rotatable bonds is 10. The molecule has 0 saturated carbocycles. The molecule has 1 amide bonds. The third-order valence-electron chi connectivity index (χ3n) is 5.29. The summed E-state index contributed by atoms with van der Waals surface area (Å²) in [5, 5.41) is 3.98. The van der Waals surface area contributed by atoms with Gasteiger partial charge in [-0.1, -0.05) is 50.2 Å². The van der Waals surface area contributed by atoms with Gasteiger partial charge in [0, 0.05) is 5.56 Å². The maximum atomic E-state index is 13.4. The van der Waals surface area contributed by atoms with Gasteiger partial charge in [0.1, 0.15) is 6.54 Å². The molecule has 3 aromatic carbocycles. The van der Waals surface area contributed by atoms with E-state index in [0.29, 0.717) is 22.7 Å². The number of carbonyl (C=O) groups is 1. The Morgan fingerprint density at radius 3 is 2.26 bits per heavy atom. The SMILES string of the molecule is COc1cccc(/C=N\NC(=O)CN(c2ccc(C(C)C)cc2)S(=O)(=O)c2ccccc2)c1OC. The van der Waals surface area contributed by atoms with Gasteiger partial charge in [-0.15, -0.1) is 0 Å². The van der Waals surface area contributed by atoms with Gasteiger partial charge in [-0.3, -0.25) is 9.10 Å². The van der Waals surface area contributed by atoms with Gasteiger partial charge in [0.15, 0.2) is 11.5 Å². The second-order valence-corrected chi connectivity index (χ2v) is 9.81. The van der Waals surface area contributed by atoms with Gasteiger partial charge in [0.25, 0.3) is 15.9 Å². The van der Waals surface area contributed by atoms with Crippen LogP contribution in [0.3, 0.4) is 0 Å². The van der Waals surface area contributed by atoms with Gasteiger partial charge in [-0.25, -0.2) is 13.8 Å². The van der Waals surface area contributed by atoms with Crippen LogP contribution < -0.4 is 19.2 Å². The molecule has 0 aromatic heterocycles. The Morgan fingerprint density at radius 2 is 1.66 bits per heavy atom. The molecule has 0 aliphatic carbocycles. The van der Waals surface area contributed by atoms with Crippen LogP contribution in [0, 0.1) is 0 Å². The molecular formula is C26H29N3O5S. The van der Waals surface area contributed by atoms with E-state index in [-0.39, 0.29) is 10.8 Å². The summed E-state index contributed by atoms with van der Waals surface area (Å²) in [5.74, 6) is 0.671. The largest absolute Gasteiger partial charge is 0.493 e. The highest BCUT2D eigenvalue weighted by atomic mass is 32.2. The van der Waals surface area contributed by atoms with Gasteiger partial charge in [-0.2, -0.15) is 5.10 Å². The van der Waals surface area contributed by atoms with E-state index >= 15 is 0 Å². The number of para-hydroxylation sites is 1. The minimum absolute atomic E-state index is 0.0883. The monoisotopic (exact) mass is 495 g/mol. The maximum Gasteiger partial charge on any atom is 0.264 e. The van der Waals surface area contributed by atoms with Crippen molar-refractivity contribution >= 4 is 27.8 Å². The summed E-state index contributed by atoms with van der Waals surface area (Å²) in [6.07, 6.45) is 1.41. The molecule has 184 valence electrons. The molecule has 0 aliphatic rings. The van der Waals surface area contributed by atoms with Crippen molar-refractivity contribution in [3.05, 3.63) is 83.9 Å². The number of ether oxygens (including phenoxy) is 2.